The van der Waals surface area contributed by atoms with Gasteiger partial charge in [0.25, 0.3) is 0 Å². The Kier molecular flexibility index (Phi) is 4.59. The highest BCUT2D eigenvalue weighted by atomic mass is 19.4. The number of aromatic nitrogens is 3. The molecule has 1 N–H and O–H groups in total. The fourth-order valence-electron chi connectivity index (χ4n) is 3.06. The molecular formula is C18H14F5N5O. The molecule has 1 saturated heterocycles. The third-order valence-electron chi connectivity index (χ3n) is 4.55. The van der Waals surface area contributed by atoms with Crippen molar-refractivity contribution in [1.29, 1.82) is 0 Å². The average molecular weight is 411 g/mol. The number of hydrogen-bond acceptors (Lipinski definition) is 3. The third kappa shape index (κ3) is 3.84. The first kappa shape index (κ1) is 19.1. The Hall–Kier alpha value is -3.24. The number of urea groups is 1. The number of carbonyl (C=O) groups is 1. The lowest BCUT2D eigenvalue weighted by atomic mass is 10.2. The predicted octanol–water partition coefficient (Wildman–Crippen LogP) is 4.15. The van der Waals surface area contributed by atoms with Gasteiger partial charge in [0.2, 0.25) is 0 Å². The zero-order chi connectivity index (χ0) is 20.8. The molecule has 3 aromatic rings. The minimum absolute atomic E-state index is 0.0119. The Morgan fingerprint density at radius 2 is 2.03 bits per heavy atom. The van der Waals surface area contributed by atoms with E-state index in [1.54, 1.807) is 0 Å². The van der Waals surface area contributed by atoms with Gasteiger partial charge in [-0.15, -0.1) is 5.10 Å². The van der Waals surface area contributed by atoms with Crippen LogP contribution in [0.2, 0.25) is 0 Å². The number of likely N-dealkylation sites (tertiary alicyclic amines) is 1. The summed E-state index contributed by atoms with van der Waals surface area (Å²) in [5, 5.41) is 6.64. The van der Waals surface area contributed by atoms with E-state index in [9.17, 15) is 26.7 Å². The van der Waals surface area contributed by atoms with Gasteiger partial charge in [-0.1, -0.05) is 0 Å². The maximum Gasteiger partial charge on any atom is 0.417 e. The molecule has 3 heterocycles. The molecule has 6 nitrogen and oxygen atoms in total. The van der Waals surface area contributed by atoms with Crippen molar-refractivity contribution in [2.45, 2.75) is 18.8 Å². The summed E-state index contributed by atoms with van der Waals surface area (Å²) in [5.74, 6) is -0.697. The van der Waals surface area contributed by atoms with Crippen molar-refractivity contribution in [3.05, 3.63) is 48.0 Å². The second-order valence-corrected chi connectivity index (χ2v) is 6.64. The van der Waals surface area contributed by atoms with E-state index in [0.29, 0.717) is 6.20 Å². The smallest absolute Gasteiger partial charge is 0.322 e. The van der Waals surface area contributed by atoms with Crippen LogP contribution in [-0.4, -0.2) is 45.0 Å². The van der Waals surface area contributed by atoms with Crippen LogP contribution in [-0.2, 0) is 6.18 Å². The van der Waals surface area contributed by atoms with Crippen molar-refractivity contribution in [3.63, 3.8) is 0 Å². The number of benzene rings is 1. The standard InChI is InChI=1S/C18H14F5N5O/c19-12-3-4-27(9-12)17(29)25-13-1-2-14(20)15(6-13)28-8-10-5-11(18(21,22)23)7-24-16(10)26-28/h1-2,5-8,12H,3-4,9H2,(H,25,29)/t12-/m1/s1. The summed E-state index contributed by atoms with van der Waals surface area (Å²) in [6.45, 7) is 0.260. The minimum atomic E-state index is -4.56. The number of nitrogens with one attached hydrogen (secondary N) is 1. The molecule has 0 unspecified atom stereocenters. The Balaban J connectivity index is 1.63. The summed E-state index contributed by atoms with van der Waals surface area (Å²) in [6, 6.07) is 4.05. The second kappa shape index (κ2) is 6.98. The van der Waals surface area contributed by atoms with Gasteiger partial charge < -0.3 is 10.2 Å². The number of halogens is 5. The highest BCUT2D eigenvalue weighted by Crippen LogP contribution is 2.30. The normalized spacial score (nSPS) is 17.1. The first-order valence-electron chi connectivity index (χ1n) is 8.63. The zero-order valence-electron chi connectivity index (χ0n) is 14.7. The SMILES string of the molecule is O=C(Nc1ccc(F)c(-n2cc3cc(C(F)(F)F)cnc3n2)c1)N1CC[C@@H](F)C1. The number of carbonyl (C=O) groups excluding carboxylic acids is 1. The topological polar surface area (TPSA) is 63.1 Å². The monoisotopic (exact) mass is 411 g/mol. The van der Waals surface area contributed by atoms with Crippen molar-refractivity contribution in [3.8, 4) is 5.69 Å². The first-order valence-corrected chi connectivity index (χ1v) is 8.63. The van der Waals surface area contributed by atoms with E-state index in [1.165, 1.54) is 23.2 Å². The Bertz CT molecular complexity index is 1080. The van der Waals surface area contributed by atoms with Crippen LogP contribution in [0.5, 0.6) is 0 Å². The molecule has 0 saturated carbocycles. The van der Waals surface area contributed by atoms with Crippen LogP contribution in [0.3, 0.4) is 0 Å². The van der Waals surface area contributed by atoms with Crippen LogP contribution in [0.4, 0.5) is 32.4 Å². The largest absolute Gasteiger partial charge is 0.417 e. The molecule has 2 aromatic heterocycles. The molecule has 1 fully saturated rings. The molecule has 1 aliphatic rings. The van der Waals surface area contributed by atoms with Gasteiger partial charge in [0, 0.05) is 30.0 Å². The number of pyridine rings is 1. The first-order chi connectivity index (χ1) is 13.7. The average Bonchev–Trinajstić information content (AvgIpc) is 3.28. The molecule has 152 valence electrons. The van der Waals surface area contributed by atoms with E-state index in [-0.39, 0.29) is 41.9 Å². The van der Waals surface area contributed by atoms with E-state index in [1.807, 2.05) is 0 Å². The number of alkyl halides is 4. The zero-order valence-corrected chi connectivity index (χ0v) is 14.7. The molecule has 2 amide bonds. The summed E-state index contributed by atoms with van der Waals surface area (Å²) in [6.07, 6.45) is -3.51. The quantitative estimate of drug-likeness (QED) is 0.645. The Morgan fingerprint density at radius 3 is 2.72 bits per heavy atom. The fourth-order valence-corrected chi connectivity index (χ4v) is 3.06. The van der Waals surface area contributed by atoms with Crippen molar-refractivity contribution >= 4 is 22.8 Å². The molecule has 0 radical (unpaired) electrons. The number of nitrogens with zero attached hydrogens (tertiary/aromatic N) is 4. The molecule has 0 bridgehead atoms. The van der Waals surface area contributed by atoms with E-state index in [0.717, 1.165) is 16.8 Å². The van der Waals surface area contributed by atoms with Gasteiger partial charge in [0.15, 0.2) is 5.65 Å². The highest BCUT2D eigenvalue weighted by Gasteiger charge is 2.31. The van der Waals surface area contributed by atoms with Crippen molar-refractivity contribution in [2.75, 3.05) is 18.4 Å². The molecule has 1 aromatic carbocycles. The van der Waals surface area contributed by atoms with Crippen LogP contribution < -0.4 is 5.32 Å². The van der Waals surface area contributed by atoms with Gasteiger partial charge in [-0.05, 0) is 30.7 Å². The molecule has 1 atom stereocenters. The highest BCUT2D eigenvalue weighted by molar-refractivity contribution is 5.90. The lowest BCUT2D eigenvalue weighted by Crippen LogP contribution is -2.33. The third-order valence-corrected chi connectivity index (χ3v) is 4.55. The number of fused-ring (bicyclic) bond motifs is 1. The van der Waals surface area contributed by atoms with Crippen LogP contribution in [0.25, 0.3) is 16.7 Å². The lowest BCUT2D eigenvalue weighted by Gasteiger charge is -2.16. The van der Waals surface area contributed by atoms with E-state index >= 15 is 0 Å². The molecule has 4 rings (SSSR count). The molecule has 1 aliphatic heterocycles. The van der Waals surface area contributed by atoms with E-state index in [4.69, 9.17) is 0 Å². The van der Waals surface area contributed by atoms with Crippen LogP contribution >= 0.6 is 0 Å². The summed E-state index contributed by atoms with van der Waals surface area (Å²) in [7, 11) is 0. The molecular weight excluding hydrogens is 397 g/mol. The fraction of sp³-hybridized carbons (Fsp3) is 0.278. The van der Waals surface area contributed by atoms with Crippen molar-refractivity contribution in [2.24, 2.45) is 0 Å². The number of hydrogen-bond donors (Lipinski definition) is 1. The van der Waals surface area contributed by atoms with Crippen LogP contribution in [0, 0.1) is 5.82 Å². The maximum atomic E-state index is 14.3. The summed E-state index contributed by atoms with van der Waals surface area (Å²) in [4.78, 5) is 17.2. The molecule has 0 spiro atoms. The van der Waals surface area contributed by atoms with Crippen LogP contribution in [0.15, 0.2) is 36.7 Å². The van der Waals surface area contributed by atoms with Crippen molar-refractivity contribution in [1.82, 2.24) is 19.7 Å². The molecule has 11 heteroatoms. The van der Waals surface area contributed by atoms with Gasteiger partial charge in [0.05, 0.1) is 12.1 Å². The Labute approximate surface area is 160 Å². The van der Waals surface area contributed by atoms with E-state index < -0.39 is 29.8 Å². The molecule has 29 heavy (non-hydrogen) atoms. The second-order valence-electron chi connectivity index (χ2n) is 6.64. The van der Waals surface area contributed by atoms with Gasteiger partial charge in [-0.25, -0.2) is 23.2 Å². The lowest BCUT2D eigenvalue weighted by molar-refractivity contribution is -0.137. The predicted molar refractivity (Wildman–Crippen MR) is 93.9 cm³/mol. The number of amides is 2. The summed E-state index contributed by atoms with van der Waals surface area (Å²) >= 11 is 0. The van der Waals surface area contributed by atoms with Crippen LogP contribution in [0.1, 0.15) is 12.0 Å². The minimum Gasteiger partial charge on any atom is -0.322 e. The molecule has 0 aliphatic carbocycles. The Morgan fingerprint density at radius 1 is 1.24 bits per heavy atom. The van der Waals surface area contributed by atoms with Crippen molar-refractivity contribution < 1.29 is 26.7 Å². The van der Waals surface area contributed by atoms with Gasteiger partial charge in [0.1, 0.15) is 17.7 Å². The number of anilines is 1. The van der Waals surface area contributed by atoms with E-state index in [2.05, 4.69) is 15.4 Å². The van der Waals surface area contributed by atoms with Gasteiger partial charge in [-0.2, -0.15) is 13.2 Å². The van der Waals surface area contributed by atoms with Gasteiger partial charge in [-0.3, -0.25) is 0 Å². The van der Waals surface area contributed by atoms with Gasteiger partial charge >= 0.3 is 12.2 Å². The summed E-state index contributed by atoms with van der Waals surface area (Å²) in [5.41, 5.74) is -0.780. The number of rotatable bonds is 2. The maximum absolute atomic E-state index is 14.3. The summed E-state index contributed by atoms with van der Waals surface area (Å²) < 4.78 is 67.1.